The highest BCUT2D eigenvalue weighted by Crippen LogP contribution is 2.25. The Hall–Kier alpha value is -0.900. The van der Waals surface area contributed by atoms with Crippen LogP contribution in [-0.2, 0) is 16.0 Å². The zero-order valence-corrected chi connectivity index (χ0v) is 11.5. The zero-order chi connectivity index (χ0) is 12.1. The minimum absolute atomic E-state index is 0. The Bertz CT molecular complexity index is 359. The van der Waals surface area contributed by atoms with E-state index in [1.54, 1.807) is 0 Å². The largest absolute Gasteiger partial charge is 1.00 e. The Morgan fingerprint density at radius 1 is 1.25 bits per heavy atom. The monoisotopic (exact) mass is 301 g/mol. The van der Waals surface area contributed by atoms with Gasteiger partial charge in [0, 0.05) is 23.6 Å². The maximum absolute atomic E-state index is 5.72. The SMILES string of the molecule is C.C.C=CCC1COC(c2cc[n+](CC)cc2)OC1.[Cl-]. The first-order valence-electron chi connectivity index (χ1n) is 6.16. The number of aromatic nitrogens is 1. The van der Waals surface area contributed by atoms with Gasteiger partial charge in [-0.05, 0) is 13.3 Å². The summed E-state index contributed by atoms with van der Waals surface area (Å²) in [5, 5.41) is 0. The average Bonchev–Trinajstić information content (AvgIpc) is 2.40. The smallest absolute Gasteiger partial charge is 0.184 e. The molecule has 1 saturated heterocycles. The number of aryl methyl sites for hydroxylation is 1. The molecule has 0 N–H and O–H groups in total. The van der Waals surface area contributed by atoms with Crippen molar-refractivity contribution in [3.63, 3.8) is 0 Å². The maximum Gasteiger partial charge on any atom is 0.184 e. The summed E-state index contributed by atoms with van der Waals surface area (Å²) in [4.78, 5) is 0. The molecule has 20 heavy (non-hydrogen) atoms. The van der Waals surface area contributed by atoms with E-state index in [2.05, 4.69) is 42.6 Å². The second-order valence-electron chi connectivity index (χ2n) is 4.35. The van der Waals surface area contributed by atoms with Crippen LogP contribution >= 0.6 is 0 Å². The molecule has 0 saturated carbocycles. The number of allylic oxidation sites excluding steroid dienone is 1. The molecule has 4 heteroatoms. The molecule has 1 aliphatic heterocycles. The van der Waals surface area contributed by atoms with Gasteiger partial charge < -0.3 is 21.9 Å². The fourth-order valence-electron chi connectivity index (χ4n) is 1.94. The lowest BCUT2D eigenvalue weighted by atomic mass is 10.1. The molecule has 0 spiro atoms. The first kappa shape index (κ1) is 21.4. The molecule has 0 atom stereocenters. The highest BCUT2D eigenvalue weighted by molar-refractivity contribution is 5.09. The first-order valence-corrected chi connectivity index (χ1v) is 6.16. The van der Waals surface area contributed by atoms with Crippen molar-refractivity contribution in [2.45, 2.75) is 41.0 Å². The number of hydrogen-bond donors (Lipinski definition) is 0. The first-order chi connectivity index (χ1) is 8.33. The molecule has 0 unspecified atom stereocenters. The fraction of sp³-hybridized carbons (Fsp3) is 0.562. The van der Waals surface area contributed by atoms with Crippen molar-refractivity contribution in [2.24, 2.45) is 5.92 Å². The second-order valence-corrected chi connectivity index (χ2v) is 4.35. The van der Waals surface area contributed by atoms with E-state index in [1.165, 1.54) is 0 Å². The van der Waals surface area contributed by atoms with Gasteiger partial charge >= 0.3 is 0 Å². The van der Waals surface area contributed by atoms with E-state index >= 15 is 0 Å². The van der Waals surface area contributed by atoms with Crippen molar-refractivity contribution in [1.29, 1.82) is 0 Å². The van der Waals surface area contributed by atoms with Gasteiger partial charge in [-0.2, -0.15) is 0 Å². The molecule has 1 aromatic heterocycles. The Morgan fingerprint density at radius 2 is 1.80 bits per heavy atom. The minimum Gasteiger partial charge on any atom is -1.00 e. The number of nitrogens with zero attached hydrogens (tertiary/aromatic N) is 1. The van der Waals surface area contributed by atoms with Gasteiger partial charge in [-0.1, -0.05) is 20.9 Å². The Kier molecular flexibility index (Phi) is 11.6. The zero-order valence-electron chi connectivity index (χ0n) is 10.7. The van der Waals surface area contributed by atoms with E-state index in [0.717, 1.165) is 31.7 Å². The molecular formula is C16H28ClNO2. The van der Waals surface area contributed by atoms with Crippen LogP contribution in [-0.4, -0.2) is 13.2 Å². The molecule has 1 aliphatic rings. The highest BCUT2D eigenvalue weighted by atomic mass is 35.5. The molecule has 3 nitrogen and oxygen atoms in total. The molecule has 0 amide bonds. The lowest BCUT2D eigenvalue weighted by Gasteiger charge is -2.28. The van der Waals surface area contributed by atoms with Gasteiger partial charge in [0.2, 0.25) is 0 Å². The Balaban J connectivity index is 0. The summed E-state index contributed by atoms with van der Waals surface area (Å²) in [6.45, 7) is 8.33. The fourth-order valence-corrected chi connectivity index (χ4v) is 1.94. The van der Waals surface area contributed by atoms with Crippen LogP contribution in [0.25, 0.3) is 0 Å². The molecule has 0 aromatic carbocycles. The topological polar surface area (TPSA) is 22.3 Å². The normalized spacial score (nSPS) is 20.9. The summed E-state index contributed by atoms with van der Waals surface area (Å²) >= 11 is 0. The van der Waals surface area contributed by atoms with Crippen molar-refractivity contribution in [2.75, 3.05) is 13.2 Å². The van der Waals surface area contributed by atoms with Crippen molar-refractivity contribution in [3.05, 3.63) is 42.7 Å². The van der Waals surface area contributed by atoms with Gasteiger partial charge in [0.15, 0.2) is 18.7 Å². The van der Waals surface area contributed by atoms with Crippen molar-refractivity contribution in [1.82, 2.24) is 0 Å². The summed E-state index contributed by atoms with van der Waals surface area (Å²) in [6, 6.07) is 4.12. The van der Waals surface area contributed by atoms with Crippen LogP contribution in [0.2, 0.25) is 0 Å². The summed E-state index contributed by atoms with van der Waals surface area (Å²) < 4.78 is 13.6. The molecular weight excluding hydrogens is 274 g/mol. The lowest BCUT2D eigenvalue weighted by Crippen LogP contribution is -3.00. The molecule has 0 aliphatic carbocycles. The van der Waals surface area contributed by atoms with Crippen LogP contribution < -0.4 is 17.0 Å². The Labute approximate surface area is 130 Å². The van der Waals surface area contributed by atoms with Crippen LogP contribution in [0.1, 0.15) is 40.1 Å². The number of hydrogen-bond acceptors (Lipinski definition) is 2. The number of rotatable bonds is 4. The van der Waals surface area contributed by atoms with E-state index in [-0.39, 0.29) is 33.6 Å². The lowest BCUT2D eigenvalue weighted by molar-refractivity contribution is -0.693. The van der Waals surface area contributed by atoms with E-state index in [1.807, 2.05) is 6.08 Å². The predicted molar refractivity (Wildman–Crippen MR) is 78.7 cm³/mol. The third-order valence-corrected chi connectivity index (χ3v) is 3.02. The van der Waals surface area contributed by atoms with E-state index < -0.39 is 0 Å². The molecule has 2 heterocycles. The van der Waals surface area contributed by atoms with Gasteiger partial charge in [0.05, 0.1) is 13.2 Å². The molecule has 2 rings (SSSR count). The minimum atomic E-state index is -0.206. The third kappa shape index (κ3) is 5.61. The quantitative estimate of drug-likeness (QED) is 0.597. The van der Waals surface area contributed by atoms with Crippen LogP contribution in [0.15, 0.2) is 37.2 Å². The third-order valence-electron chi connectivity index (χ3n) is 3.02. The standard InChI is InChI=1S/C14H20NO2.2CH4.ClH/c1-3-5-12-10-16-14(17-11-12)13-6-8-15(4-2)9-7-13;;;/h3,6-9,12,14H,1,4-5,10-11H2,2H3;2*1H4;1H/q+1;;;/p-1. The second kappa shape index (κ2) is 10.8. The highest BCUT2D eigenvalue weighted by Gasteiger charge is 2.23. The van der Waals surface area contributed by atoms with Gasteiger partial charge in [0.1, 0.15) is 6.54 Å². The maximum atomic E-state index is 5.72. The van der Waals surface area contributed by atoms with E-state index in [9.17, 15) is 0 Å². The average molecular weight is 302 g/mol. The van der Waals surface area contributed by atoms with Crippen LogP contribution in [0, 0.1) is 5.92 Å². The number of pyridine rings is 1. The molecule has 1 aromatic rings. The predicted octanol–water partition coefficient (Wildman–Crippen LogP) is 0.508. The van der Waals surface area contributed by atoms with Crippen LogP contribution in [0.5, 0.6) is 0 Å². The van der Waals surface area contributed by atoms with Crippen molar-refractivity contribution in [3.8, 4) is 0 Å². The summed E-state index contributed by atoms with van der Waals surface area (Å²) in [5.74, 6) is 0.452. The molecule has 0 bridgehead atoms. The number of ether oxygens (including phenoxy) is 2. The van der Waals surface area contributed by atoms with Gasteiger partial charge in [0.25, 0.3) is 0 Å². The molecule has 116 valence electrons. The summed E-state index contributed by atoms with van der Waals surface area (Å²) in [5.41, 5.74) is 1.09. The van der Waals surface area contributed by atoms with Crippen LogP contribution in [0.4, 0.5) is 0 Å². The summed E-state index contributed by atoms with van der Waals surface area (Å²) in [7, 11) is 0. The molecule has 0 radical (unpaired) electrons. The van der Waals surface area contributed by atoms with Gasteiger partial charge in [-0.25, -0.2) is 4.57 Å². The van der Waals surface area contributed by atoms with E-state index in [4.69, 9.17) is 9.47 Å². The van der Waals surface area contributed by atoms with Crippen molar-refractivity contribution < 1.29 is 26.4 Å². The van der Waals surface area contributed by atoms with Crippen molar-refractivity contribution >= 4 is 0 Å². The van der Waals surface area contributed by atoms with Crippen LogP contribution in [0.3, 0.4) is 0 Å². The summed E-state index contributed by atoms with van der Waals surface area (Å²) in [6.07, 6.45) is 6.78. The Morgan fingerprint density at radius 3 is 2.25 bits per heavy atom. The number of halogens is 1. The van der Waals surface area contributed by atoms with Gasteiger partial charge in [-0.15, -0.1) is 6.58 Å². The van der Waals surface area contributed by atoms with E-state index in [0.29, 0.717) is 5.92 Å². The van der Waals surface area contributed by atoms with Gasteiger partial charge in [-0.3, -0.25) is 0 Å². The molecule has 1 fully saturated rings.